The van der Waals surface area contributed by atoms with E-state index in [0.29, 0.717) is 12.1 Å². The van der Waals surface area contributed by atoms with Gasteiger partial charge in [-0.2, -0.15) is 5.10 Å². The zero-order chi connectivity index (χ0) is 16.8. The van der Waals surface area contributed by atoms with Crippen molar-refractivity contribution in [1.82, 2.24) is 19.7 Å². The van der Waals surface area contributed by atoms with Crippen molar-refractivity contribution in [3.63, 3.8) is 0 Å². The van der Waals surface area contributed by atoms with Crippen LogP contribution in [0.1, 0.15) is 28.9 Å². The molecular formula is C17H16N6OS. The summed E-state index contributed by atoms with van der Waals surface area (Å²) >= 11 is 1.46. The van der Waals surface area contributed by atoms with Gasteiger partial charge in [0.05, 0.1) is 41.4 Å². The molecule has 126 valence electrons. The fourth-order valence-corrected chi connectivity index (χ4v) is 4.00. The number of carbonyl (C=O) groups is 1. The van der Waals surface area contributed by atoms with Crippen LogP contribution in [0.5, 0.6) is 0 Å². The first-order valence-corrected chi connectivity index (χ1v) is 9.18. The average molecular weight is 352 g/mol. The van der Waals surface area contributed by atoms with Crippen LogP contribution in [0.3, 0.4) is 0 Å². The average Bonchev–Trinajstić information content (AvgIpc) is 3.42. The first-order chi connectivity index (χ1) is 12.3. The van der Waals surface area contributed by atoms with Gasteiger partial charge in [-0.15, -0.1) is 11.3 Å². The Hall–Kier alpha value is -2.74. The Balaban J connectivity index is 1.40. The van der Waals surface area contributed by atoms with Gasteiger partial charge >= 0.3 is 0 Å². The summed E-state index contributed by atoms with van der Waals surface area (Å²) in [6.45, 7) is 2.64. The Bertz CT molecular complexity index is 911. The molecule has 0 bridgehead atoms. The molecule has 0 spiro atoms. The Labute approximate surface area is 148 Å². The standard InChI is InChI=1S/C17H16N6OS/c24-17-13-9-23(20-14(13)10-22(17)16-8-18-11-25-16)12-3-4-15(19-7-12)21-5-1-2-6-21/h3-4,7-9,11H,1-2,5-6,10H2. The van der Waals surface area contributed by atoms with Gasteiger partial charge in [0, 0.05) is 19.3 Å². The van der Waals surface area contributed by atoms with Crippen LogP contribution in [0.4, 0.5) is 10.8 Å². The minimum absolute atomic E-state index is 0.0212. The van der Waals surface area contributed by atoms with Crippen molar-refractivity contribution in [1.29, 1.82) is 0 Å². The highest BCUT2D eigenvalue weighted by Crippen LogP contribution is 2.30. The molecule has 1 amide bonds. The Morgan fingerprint density at radius 2 is 2.00 bits per heavy atom. The second-order valence-electron chi connectivity index (χ2n) is 6.23. The highest BCUT2D eigenvalue weighted by Gasteiger charge is 2.32. The maximum Gasteiger partial charge on any atom is 0.262 e. The predicted octanol–water partition coefficient (Wildman–Crippen LogP) is 2.48. The third-order valence-corrected chi connectivity index (χ3v) is 5.48. The number of aromatic nitrogens is 4. The topological polar surface area (TPSA) is 67.2 Å². The smallest absolute Gasteiger partial charge is 0.262 e. The van der Waals surface area contributed by atoms with Crippen molar-refractivity contribution in [3.05, 3.63) is 47.5 Å². The van der Waals surface area contributed by atoms with Crippen molar-refractivity contribution in [2.45, 2.75) is 19.4 Å². The first kappa shape index (κ1) is 14.6. The van der Waals surface area contributed by atoms with E-state index in [4.69, 9.17) is 0 Å². The molecule has 5 rings (SSSR count). The van der Waals surface area contributed by atoms with Crippen LogP contribution in [0.15, 0.2) is 36.2 Å². The van der Waals surface area contributed by atoms with Crippen molar-refractivity contribution in [2.24, 2.45) is 0 Å². The number of carbonyl (C=O) groups excluding carboxylic acids is 1. The minimum atomic E-state index is -0.0212. The van der Waals surface area contributed by atoms with Crippen molar-refractivity contribution >= 4 is 28.1 Å². The van der Waals surface area contributed by atoms with Gasteiger partial charge in [-0.1, -0.05) is 0 Å². The molecule has 7 nitrogen and oxygen atoms in total. The van der Waals surface area contributed by atoms with Crippen LogP contribution in [-0.4, -0.2) is 38.7 Å². The number of fused-ring (bicyclic) bond motifs is 1. The van der Waals surface area contributed by atoms with Gasteiger partial charge in [-0.3, -0.25) is 14.7 Å². The number of rotatable bonds is 3. The molecule has 1 saturated heterocycles. The lowest BCUT2D eigenvalue weighted by Gasteiger charge is -2.16. The maximum absolute atomic E-state index is 12.6. The monoisotopic (exact) mass is 352 g/mol. The summed E-state index contributed by atoms with van der Waals surface area (Å²) in [5.74, 6) is 0.987. The Morgan fingerprint density at radius 3 is 2.68 bits per heavy atom. The van der Waals surface area contributed by atoms with Crippen molar-refractivity contribution < 1.29 is 4.79 Å². The van der Waals surface area contributed by atoms with E-state index in [0.717, 1.165) is 35.3 Å². The SMILES string of the molecule is O=C1c2cn(-c3ccc(N4CCCC4)nc3)nc2CN1c1cncs1. The van der Waals surface area contributed by atoms with E-state index in [-0.39, 0.29) is 5.91 Å². The fraction of sp³-hybridized carbons (Fsp3) is 0.294. The summed E-state index contributed by atoms with van der Waals surface area (Å²) in [5, 5.41) is 5.44. The molecule has 3 aromatic heterocycles. The zero-order valence-corrected chi connectivity index (χ0v) is 14.3. The molecule has 0 aliphatic carbocycles. The van der Waals surface area contributed by atoms with E-state index in [9.17, 15) is 4.79 Å². The molecule has 0 aromatic carbocycles. The molecule has 3 aromatic rings. The van der Waals surface area contributed by atoms with E-state index in [1.54, 1.807) is 27.5 Å². The number of pyridine rings is 1. The van der Waals surface area contributed by atoms with E-state index in [1.807, 2.05) is 18.3 Å². The van der Waals surface area contributed by atoms with E-state index in [1.165, 1.54) is 24.2 Å². The number of thiazole rings is 1. The lowest BCUT2D eigenvalue weighted by molar-refractivity contribution is 0.0997. The van der Waals surface area contributed by atoms with E-state index in [2.05, 4.69) is 20.0 Å². The van der Waals surface area contributed by atoms with Crippen LogP contribution >= 0.6 is 11.3 Å². The Kier molecular flexibility index (Phi) is 3.30. The molecule has 0 N–H and O–H groups in total. The van der Waals surface area contributed by atoms with Crippen LogP contribution in [0.25, 0.3) is 5.69 Å². The molecule has 0 unspecified atom stereocenters. The number of amides is 1. The number of anilines is 2. The lowest BCUT2D eigenvalue weighted by atomic mass is 10.3. The van der Waals surface area contributed by atoms with Crippen LogP contribution in [0, 0.1) is 0 Å². The number of hydrogen-bond acceptors (Lipinski definition) is 6. The molecule has 8 heteroatoms. The summed E-state index contributed by atoms with van der Waals surface area (Å²) in [5.41, 5.74) is 4.04. The summed E-state index contributed by atoms with van der Waals surface area (Å²) in [4.78, 5) is 25.2. The molecule has 0 radical (unpaired) electrons. The molecule has 25 heavy (non-hydrogen) atoms. The van der Waals surface area contributed by atoms with Crippen molar-refractivity contribution in [3.8, 4) is 5.69 Å². The van der Waals surface area contributed by atoms with Crippen LogP contribution in [-0.2, 0) is 6.54 Å². The quantitative estimate of drug-likeness (QED) is 0.724. The highest BCUT2D eigenvalue weighted by molar-refractivity contribution is 7.14. The second kappa shape index (κ2) is 5.66. The van der Waals surface area contributed by atoms with Gasteiger partial charge in [0.2, 0.25) is 0 Å². The zero-order valence-electron chi connectivity index (χ0n) is 13.5. The van der Waals surface area contributed by atoms with Gasteiger partial charge in [-0.05, 0) is 25.0 Å². The first-order valence-electron chi connectivity index (χ1n) is 8.30. The molecule has 5 heterocycles. The molecular weight excluding hydrogens is 336 g/mol. The molecule has 2 aliphatic rings. The molecule has 1 fully saturated rings. The highest BCUT2D eigenvalue weighted by atomic mass is 32.1. The van der Waals surface area contributed by atoms with Gasteiger partial charge < -0.3 is 4.90 Å². The third kappa shape index (κ3) is 2.41. The lowest BCUT2D eigenvalue weighted by Crippen LogP contribution is -2.22. The minimum Gasteiger partial charge on any atom is -0.357 e. The third-order valence-electron chi connectivity index (χ3n) is 4.69. The molecule has 0 atom stereocenters. The summed E-state index contributed by atoms with van der Waals surface area (Å²) < 4.78 is 1.74. The van der Waals surface area contributed by atoms with Gasteiger partial charge in [0.25, 0.3) is 5.91 Å². The molecule has 2 aliphatic heterocycles. The van der Waals surface area contributed by atoms with E-state index >= 15 is 0 Å². The van der Waals surface area contributed by atoms with Gasteiger partial charge in [0.1, 0.15) is 10.8 Å². The van der Waals surface area contributed by atoms with Crippen molar-refractivity contribution in [2.75, 3.05) is 22.9 Å². The number of hydrogen-bond donors (Lipinski definition) is 0. The fourth-order valence-electron chi connectivity index (χ4n) is 3.37. The summed E-state index contributed by atoms with van der Waals surface area (Å²) in [6.07, 6.45) is 7.79. The second-order valence-corrected chi connectivity index (χ2v) is 7.10. The molecule has 0 saturated carbocycles. The van der Waals surface area contributed by atoms with E-state index < -0.39 is 0 Å². The summed E-state index contributed by atoms with van der Waals surface area (Å²) in [7, 11) is 0. The van der Waals surface area contributed by atoms with Gasteiger partial charge in [-0.25, -0.2) is 9.67 Å². The Morgan fingerprint density at radius 1 is 1.12 bits per heavy atom. The van der Waals surface area contributed by atoms with Crippen LogP contribution in [0.2, 0.25) is 0 Å². The normalized spacial score (nSPS) is 16.7. The van der Waals surface area contributed by atoms with Crippen LogP contribution < -0.4 is 9.80 Å². The predicted molar refractivity (Wildman–Crippen MR) is 95.4 cm³/mol. The number of nitrogens with zero attached hydrogens (tertiary/aromatic N) is 6. The largest absolute Gasteiger partial charge is 0.357 e. The maximum atomic E-state index is 12.6. The summed E-state index contributed by atoms with van der Waals surface area (Å²) in [6, 6.07) is 4.03. The van der Waals surface area contributed by atoms with Gasteiger partial charge in [0.15, 0.2) is 0 Å².